The highest BCUT2D eigenvalue weighted by atomic mass is 19.1. The van der Waals surface area contributed by atoms with Crippen LogP contribution in [0, 0.1) is 53.7 Å². The number of rotatable bonds is 3. The maximum Gasteiger partial charge on any atom is 0.135 e. The maximum absolute atomic E-state index is 12.9. The van der Waals surface area contributed by atoms with E-state index < -0.39 is 0 Å². The fraction of sp³-hybridized carbons (Fsp3) is 0.457. The van der Waals surface area contributed by atoms with Crippen LogP contribution in [0.5, 0.6) is 0 Å². The Kier molecular flexibility index (Phi) is 23.7. The van der Waals surface area contributed by atoms with E-state index in [4.69, 9.17) is 11.8 Å². The molecular weight excluding hydrogens is 497 g/mol. The molecule has 0 aliphatic carbocycles. The van der Waals surface area contributed by atoms with Gasteiger partial charge in [0.1, 0.15) is 11.6 Å². The predicted molar refractivity (Wildman–Crippen MR) is 174 cm³/mol. The van der Waals surface area contributed by atoms with Gasteiger partial charge < -0.3 is 10.3 Å². The van der Waals surface area contributed by atoms with Gasteiger partial charge in [0.25, 0.3) is 0 Å². The fourth-order valence-corrected chi connectivity index (χ4v) is 3.94. The van der Waals surface area contributed by atoms with Gasteiger partial charge in [0.2, 0.25) is 0 Å². The van der Waals surface area contributed by atoms with E-state index in [0.717, 1.165) is 41.2 Å². The van der Waals surface area contributed by atoms with Crippen LogP contribution < -0.4 is 4.90 Å². The predicted octanol–water partition coefficient (Wildman–Crippen LogP) is 9.02. The van der Waals surface area contributed by atoms with Gasteiger partial charge in [-0.25, -0.2) is 4.39 Å². The monoisotopic (exact) mass is 549 g/mol. The Morgan fingerprint density at radius 3 is 2.08 bits per heavy atom. The third kappa shape index (κ3) is 13.4. The first kappa shape index (κ1) is 40.8. The zero-order valence-corrected chi connectivity index (χ0v) is 27.0. The zero-order chi connectivity index (χ0) is 31.9. The molecule has 1 aliphatic heterocycles. The Balaban J connectivity index is -0.000000551. The van der Waals surface area contributed by atoms with Crippen molar-refractivity contribution in [1.82, 2.24) is 4.98 Å². The van der Waals surface area contributed by atoms with Gasteiger partial charge >= 0.3 is 0 Å². The van der Waals surface area contributed by atoms with Gasteiger partial charge in [-0.3, -0.25) is 9.78 Å². The largest absolute Gasteiger partial charge is 0.370 e. The quantitative estimate of drug-likeness (QED) is 0.307. The number of allylic oxidation sites excluding steroid dienone is 2. The SMILES string of the molecule is C#C/C(=C\C)c1cnc(C)c(C#CC)c1.C=N.CC.CC.CC.CC(=O)C1CN(c2ccc(F)cc2)CC1(C)C. The van der Waals surface area contributed by atoms with Crippen LogP contribution in [0.1, 0.15) is 93.0 Å². The van der Waals surface area contributed by atoms with E-state index in [1.165, 1.54) is 12.1 Å². The van der Waals surface area contributed by atoms with Gasteiger partial charge in [0.05, 0.1) is 5.69 Å². The van der Waals surface area contributed by atoms with Crippen molar-refractivity contribution in [3.8, 4) is 24.2 Å². The summed E-state index contributed by atoms with van der Waals surface area (Å²) in [4.78, 5) is 18.0. The van der Waals surface area contributed by atoms with E-state index in [-0.39, 0.29) is 22.9 Å². The smallest absolute Gasteiger partial charge is 0.135 e. The number of hydrogen-bond acceptors (Lipinski definition) is 4. The first-order valence-electron chi connectivity index (χ1n) is 14.0. The maximum atomic E-state index is 12.9. The highest BCUT2D eigenvalue weighted by Gasteiger charge is 2.41. The molecule has 0 saturated carbocycles. The summed E-state index contributed by atoms with van der Waals surface area (Å²) in [5.41, 5.74) is 4.64. The topological polar surface area (TPSA) is 57.1 Å². The lowest BCUT2D eigenvalue weighted by Crippen LogP contribution is -2.27. The molecule has 2 heterocycles. The van der Waals surface area contributed by atoms with Crippen LogP contribution in [-0.4, -0.2) is 30.6 Å². The molecule has 4 nitrogen and oxygen atoms in total. The van der Waals surface area contributed by atoms with Gasteiger partial charge in [-0.15, -0.1) is 12.3 Å². The molecule has 0 spiro atoms. The Bertz CT molecular complexity index is 1120. The second-order valence-corrected chi connectivity index (χ2v) is 8.59. The van der Waals surface area contributed by atoms with Crippen molar-refractivity contribution < 1.29 is 9.18 Å². The lowest BCUT2D eigenvalue weighted by molar-refractivity contribution is -0.122. The van der Waals surface area contributed by atoms with E-state index in [0.29, 0.717) is 0 Å². The summed E-state index contributed by atoms with van der Waals surface area (Å²) in [5, 5.41) is 5.50. The van der Waals surface area contributed by atoms with Crippen LogP contribution in [-0.2, 0) is 4.79 Å². The average molecular weight is 550 g/mol. The molecule has 1 atom stereocenters. The lowest BCUT2D eigenvalue weighted by Gasteiger charge is -2.23. The number of nitrogens with zero attached hydrogens (tertiary/aromatic N) is 2. The number of ketones is 1. The molecule has 1 N–H and O–H groups in total. The Morgan fingerprint density at radius 2 is 1.68 bits per heavy atom. The fourth-order valence-electron chi connectivity index (χ4n) is 3.94. The van der Waals surface area contributed by atoms with Crippen molar-refractivity contribution in [2.75, 3.05) is 18.0 Å². The van der Waals surface area contributed by atoms with Crippen LogP contribution in [0.4, 0.5) is 10.1 Å². The summed E-state index contributed by atoms with van der Waals surface area (Å²) in [6.07, 6.45) is 9.08. The molecule has 2 aromatic rings. The number of terminal acetylenes is 1. The van der Waals surface area contributed by atoms with E-state index >= 15 is 0 Å². The van der Waals surface area contributed by atoms with E-state index in [9.17, 15) is 9.18 Å². The van der Waals surface area contributed by atoms with Crippen molar-refractivity contribution >= 4 is 23.8 Å². The van der Waals surface area contributed by atoms with Crippen molar-refractivity contribution in [2.45, 2.75) is 83.1 Å². The summed E-state index contributed by atoms with van der Waals surface area (Å²) in [6, 6.07) is 8.45. The number of halogens is 1. The van der Waals surface area contributed by atoms with Crippen molar-refractivity contribution in [3.05, 3.63) is 65.2 Å². The minimum atomic E-state index is -0.227. The van der Waals surface area contributed by atoms with Gasteiger partial charge in [0, 0.05) is 47.6 Å². The summed E-state index contributed by atoms with van der Waals surface area (Å²) < 4.78 is 12.9. The molecule has 3 rings (SSSR count). The number of Topliss-reactive ketones (excluding diaryl/α,β-unsaturated/α-hetero) is 1. The van der Waals surface area contributed by atoms with Gasteiger partial charge in [0.15, 0.2) is 0 Å². The van der Waals surface area contributed by atoms with Gasteiger partial charge in [-0.05, 0) is 70.2 Å². The lowest BCUT2D eigenvalue weighted by atomic mass is 9.80. The number of carbonyl (C=O) groups is 1. The average Bonchev–Trinajstić information content (AvgIpc) is 3.31. The summed E-state index contributed by atoms with van der Waals surface area (Å²) in [5.74, 6) is 8.58. The first-order valence-corrected chi connectivity index (χ1v) is 14.0. The van der Waals surface area contributed by atoms with E-state index in [1.54, 1.807) is 25.3 Å². The van der Waals surface area contributed by atoms with E-state index in [2.05, 4.69) is 48.2 Å². The molecule has 0 radical (unpaired) electrons. The summed E-state index contributed by atoms with van der Waals surface area (Å²) in [6.45, 7) is 27.6. The molecule has 1 aromatic heterocycles. The molecule has 1 fully saturated rings. The second kappa shape index (κ2) is 23.2. The number of aromatic nitrogens is 1. The summed E-state index contributed by atoms with van der Waals surface area (Å²) >= 11 is 0. The molecule has 220 valence electrons. The zero-order valence-electron chi connectivity index (χ0n) is 27.0. The van der Waals surface area contributed by atoms with Crippen molar-refractivity contribution in [1.29, 1.82) is 5.41 Å². The first-order chi connectivity index (χ1) is 19.1. The van der Waals surface area contributed by atoms with Gasteiger partial charge in [-0.2, -0.15) is 0 Å². The molecule has 1 unspecified atom stereocenters. The number of carbonyl (C=O) groups excluding carboxylic acids is 1. The number of hydrogen-bond donors (Lipinski definition) is 1. The van der Waals surface area contributed by atoms with Crippen LogP contribution >= 0.6 is 0 Å². The second-order valence-electron chi connectivity index (χ2n) is 8.59. The normalized spacial score (nSPS) is 14.1. The molecule has 1 saturated heterocycles. The van der Waals surface area contributed by atoms with Crippen molar-refractivity contribution in [2.24, 2.45) is 11.3 Å². The number of benzene rings is 1. The van der Waals surface area contributed by atoms with Crippen LogP contribution in [0.3, 0.4) is 0 Å². The number of nitrogens with one attached hydrogen (secondary N) is 1. The summed E-state index contributed by atoms with van der Waals surface area (Å²) in [7, 11) is 0. The Hall–Kier alpha value is -3.70. The molecule has 0 bridgehead atoms. The number of pyridine rings is 1. The van der Waals surface area contributed by atoms with E-state index in [1.807, 2.05) is 74.5 Å². The number of anilines is 1. The van der Waals surface area contributed by atoms with Crippen LogP contribution in [0.2, 0.25) is 0 Å². The minimum Gasteiger partial charge on any atom is -0.370 e. The molecule has 5 heteroatoms. The highest BCUT2D eigenvalue weighted by molar-refractivity contribution is 5.81. The molecule has 0 amide bonds. The molecular formula is C35H52FN3O. The van der Waals surface area contributed by atoms with Gasteiger partial charge in [-0.1, -0.05) is 73.3 Å². The Morgan fingerprint density at radius 1 is 1.15 bits per heavy atom. The molecule has 1 aromatic carbocycles. The third-order valence-corrected chi connectivity index (χ3v) is 5.73. The minimum absolute atomic E-state index is 0.0137. The number of aryl methyl sites for hydroxylation is 1. The van der Waals surface area contributed by atoms with Crippen LogP contribution in [0.25, 0.3) is 5.57 Å². The van der Waals surface area contributed by atoms with Crippen molar-refractivity contribution in [3.63, 3.8) is 0 Å². The standard InChI is InChI=1S/C14H18FNO.C14H13N.3C2H6.CH3N/c1-10(17)13-8-16(9-14(13,2)3)12-6-4-11(15)5-7-12;1-5-8-13-9-14(10-15-11(13)4)12(6-2)7-3;4*1-2/h4-7,13H,8-9H2,1-3H3;2,7,9-10H,1,3-4H3;3*1-2H3;2H,1H2/b;12-7+;;;;. The highest BCUT2D eigenvalue weighted by Crippen LogP contribution is 2.38. The van der Waals surface area contributed by atoms with Crippen LogP contribution in [0.15, 0.2) is 42.6 Å². The third-order valence-electron chi connectivity index (χ3n) is 5.73. The molecule has 40 heavy (non-hydrogen) atoms. The Labute approximate surface area is 245 Å². The molecule has 1 aliphatic rings.